The van der Waals surface area contributed by atoms with Crippen LogP contribution in [0.25, 0.3) is 0 Å². The van der Waals surface area contributed by atoms with Crippen LogP contribution in [0.1, 0.15) is 6.92 Å². The van der Waals surface area contributed by atoms with Gasteiger partial charge in [0.25, 0.3) is 0 Å². The van der Waals surface area contributed by atoms with Crippen LogP contribution >= 0.6 is 0 Å². The quantitative estimate of drug-likeness (QED) is 0.589. The van der Waals surface area contributed by atoms with Crippen molar-refractivity contribution in [2.75, 3.05) is 26.7 Å². The minimum atomic E-state index is 0.172. The zero-order valence-electron chi connectivity index (χ0n) is 6.71. The number of rotatable bonds is 3. The Kier molecular flexibility index (Phi) is 2.65. The molecule has 10 heavy (non-hydrogen) atoms. The van der Waals surface area contributed by atoms with E-state index in [0.29, 0.717) is 12.7 Å². The molecule has 2 N–H and O–H groups in total. The van der Waals surface area contributed by atoms with E-state index in [1.807, 2.05) is 6.92 Å². The molecule has 1 saturated heterocycles. The minimum absolute atomic E-state index is 0.172. The lowest BCUT2D eigenvalue weighted by Gasteiger charge is -2.36. The summed E-state index contributed by atoms with van der Waals surface area (Å²) in [5, 5.41) is 0. The Morgan fingerprint density at radius 2 is 2.30 bits per heavy atom. The van der Waals surface area contributed by atoms with Gasteiger partial charge in [-0.05, 0) is 14.0 Å². The van der Waals surface area contributed by atoms with E-state index in [1.54, 1.807) is 0 Å². The molecule has 1 aliphatic heterocycles. The van der Waals surface area contributed by atoms with Crippen LogP contribution in [0.3, 0.4) is 0 Å². The Morgan fingerprint density at radius 3 is 2.70 bits per heavy atom. The third-order valence-electron chi connectivity index (χ3n) is 1.63. The molecule has 1 atom stereocenters. The molecule has 1 fully saturated rings. The lowest BCUT2D eigenvalue weighted by Crippen LogP contribution is -2.50. The van der Waals surface area contributed by atoms with Crippen LogP contribution < -0.4 is 5.73 Å². The second kappa shape index (κ2) is 3.32. The number of nitrogens with zero attached hydrogens (tertiary/aromatic N) is 1. The molecule has 1 rings (SSSR count). The summed E-state index contributed by atoms with van der Waals surface area (Å²) in [6.45, 7) is 4.78. The van der Waals surface area contributed by atoms with Gasteiger partial charge < -0.3 is 15.4 Å². The Morgan fingerprint density at radius 1 is 1.70 bits per heavy atom. The van der Waals surface area contributed by atoms with E-state index in [2.05, 4.69) is 11.9 Å². The van der Waals surface area contributed by atoms with Gasteiger partial charge in [0.2, 0.25) is 0 Å². The fraction of sp³-hybridized carbons (Fsp3) is 1.00. The van der Waals surface area contributed by atoms with Crippen molar-refractivity contribution in [1.29, 1.82) is 0 Å². The van der Waals surface area contributed by atoms with Crippen LogP contribution in [0.4, 0.5) is 0 Å². The monoisotopic (exact) mass is 144 g/mol. The van der Waals surface area contributed by atoms with Gasteiger partial charge in [-0.25, -0.2) is 0 Å². The normalized spacial score (nSPS) is 24.3. The maximum atomic E-state index is 5.52. The Labute approximate surface area is 62.1 Å². The maximum Gasteiger partial charge on any atom is 0.0829 e. The molecule has 3 nitrogen and oxygen atoms in total. The molecular formula is C7H16N2O. The molecule has 0 aromatic carbocycles. The Hall–Kier alpha value is -0.120. The van der Waals surface area contributed by atoms with Gasteiger partial charge in [-0.2, -0.15) is 0 Å². The number of hydrogen-bond donors (Lipinski definition) is 1. The summed E-state index contributed by atoms with van der Waals surface area (Å²) in [5.74, 6) is 0. The lowest BCUT2D eigenvalue weighted by molar-refractivity contribution is -0.0462. The molecule has 0 amide bonds. The summed E-state index contributed by atoms with van der Waals surface area (Å²) in [4.78, 5) is 2.23. The molecule has 1 aliphatic rings. The van der Waals surface area contributed by atoms with E-state index in [1.165, 1.54) is 0 Å². The number of ether oxygens (including phenoxy) is 1. The number of likely N-dealkylation sites (N-methyl/N-ethyl adjacent to an activating group) is 1. The van der Waals surface area contributed by atoms with Gasteiger partial charge in [0.15, 0.2) is 0 Å². The predicted octanol–water partition coefficient (Wildman–Crippen LogP) is -0.336. The zero-order valence-corrected chi connectivity index (χ0v) is 6.71. The molecule has 0 saturated carbocycles. The molecule has 3 heteroatoms. The highest BCUT2D eigenvalue weighted by Crippen LogP contribution is 2.07. The van der Waals surface area contributed by atoms with Crippen molar-refractivity contribution in [3.05, 3.63) is 0 Å². The Bertz CT molecular complexity index is 99.8. The van der Waals surface area contributed by atoms with Gasteiger partial charge in [0, 0.05) is 19.1 Å². The number of likely N-dealkylation sites (tertiary alicyclic amines) is 1. The first-order valence-electron chi connectivity index (χ1n) is 3.74. The molecule has 1 heterocycles. The highest BCUT2D eigenvalue weighted by atomic mass is 16.5. The van der Waals surface area contributed by atoms with Crippen LogP contribution in [-0.4, -0.2) is 43.8 Å². The van der Waals surface area contributed by atoms with E-state index < -0.39 is 0 Å². The van der Waals surface area contributed by atoms with Crippen molar-refractivity contribution in [3.63, 3.8) is 0 Å². The zero-order chi connectivity index (χ0) is 7.56. The first kappa shape index (κ1) is 7.98. The summed E-state index contributed by atoms with van der Waals surface area (Å²) in [6, 6.07) is 0.172. The summed E-state index contributed by atoms with van der Waals surface area (Å²) in [6.07, 6.45) is 0.441. The third-order valence-corrected chi connectivity index (χ3v) is 1.63. The smallest absolute Gasteiger partial charge is 0.0829 e. The fourth-order valence-corrected chi connectivity index (χ4v) is 1.04. The molecule has 1 unspecified atom stereocenters. The fourth-order valence-electron chi connectivity index (χ4n) is 1.04. The van der Waals surface area contributed by atoms with Gasteiger partial charge in [0.05, 0.1) is 12.7 Å². The highest BCUT2D eigenvalue weighted by Gasteiger charge is 2.23. The van der Waals surface area contributed by atoms with Crippen LogP contribution in [0.5, 0.6) is 0 Å². The largest absolute Gasteiger partial charge is 0.374 e. The van der Waals surface area contributed by atoms with Crippen molar-refractivity contribution in [2.45, 2.75) is 19.1 Å². The molecule has 0 aliphatic carbocycles. The second-order valence-corrected chi connectivity index (χ2v) is 3.15. The SMILES string of the molecule is CC(N)COC1CN(C)C1. The molecule has 0 radical (unpaired) electrons. The first-order valence-corrected chi connectivity index (χ1v) is 3.74. The minimum Gasteiger partial charge on any atom is -0.374 e. The molecule has 0 aromatic heterocycles. The van der Waals surface area contributed by atoms with E-state index in [4.69, 9.17) is 10.5 Å². The molecule has 0 bridgehead atoms. The van der Waals surface area contributed by atoms with Crippen LogP contribution in [0, 0.1) is 0 Å². The summed E-state index contributed by atoms with van der Waals surface area (Å²) < 4.78 is 5.44. The van der Waals surface area contributed by atoms with Crippen LogP contribution in [-0.2, 0) is 4.74 Å². The molecule has 60 valence electrons. The maximum absolute atomic E-state index is 5.52. The Balaban J connectivity index is 1.95. The standard InChI is InChI=1S/C7H16N2O/c1-6(8)5-10-7-3-9(2)4-7/h6-7H,3-5,8H2,1-2H3. The van der Waals surface area contributed by atoms with E-state index in [0.717, 1.165) is 13.1 Å². The lowest BCUT2D eigenvalue weighted by atomic mass is 10.2. The van der Waals surface area contributed by atoms with Crippen molar-refractivity contribution in [2.24, 2.45) is 5.73 Å². The molecule has 0 aromatic rings. The second-order valence-electron chi connectivity index (χ2n) is 3.15. The summed E-state index contributed by atoms with van der Waals surface area (Å²) in [5.41, 5.74) is 5.52. The van der Waals surface area contributed by atoms with Crippen molar-refractivity contribution in [1.82, 2.24) is 4.90 Å². The van der Waals surface area contributed by atoms with Gasteiger partial charge in [0.1, 0.15) is 0 Å². The van der Waals surface area contributed by atoms with Crippen LogP contribution in [0.15, 0.2) is 0 Å². The molecular weight excluding hydrogens is 128 g/mol. The van der Waals surface area contributed by atoms with Crippen molar-refractivity contribution < 1.29 is 4.74 Å². The van der Waals surface area contributed by atoms with Gasteiger partial charge in [-0.3, -0.25) is 0 Å². The van der Waals surface area contributed by atoms with E-state index in [-0.39, 0.29) is 6.04 Å². The topological polar surface area (TPSA) is 38.5 Å². The number of hydrogen-bond acceptors (Lipinski definition) is 3. The van der Waals surface area contributed by atoms with Crippen LogP contribution in [0.2, 0.25) is 0 Å². The average Bonchev–Trinajstić information content (AvgIpc) is 1.77. The summed E-state index contributed by atoms with van der Waals surface area (Å²) in [7, 11) is 2.09. The van der Waals surface area contributed by atoms with Crippen molar-refractivity contribution >= 4 is 0 Å². The van der Waals surface area contributed by atoms with Gasteiger partial charge >= 0.3 is 0 Å². The number of nitrogens with two attached hydrogens (primary N) is 1. The average molecular weight is 144 g/mol. The predicted molar refractivity (Wildman–Crippen MR) is 40.9 cm³/mol. The van der Waals surface area contributed by atoms with E-state index >= 15 is 0 Å². The highest BCUT2D eigenvalue weighted by molar-refractivity contribution is 4.77. The third kappa shape index (κ3) is 2.25. The molecule has 0 spiro atoms. The van der Waals surface area contributed by atoms with E-state index in [9.17, 15) is 0 Å². The van der Waals surface area contributed by atoms with Crippen molar-refractivity contribution in [3.8, 4) is 0 Å². The van der Waals surface area contributed by atoms with Gasteiger partial charge in [-0.15, -0.1) is 0 Å². The first-order chi connectivity index (χ1) is 4.68. The van der Waals surface area contributed by atoms with Gasteiger partial charge in [-0.1, -0.05) is 0 Å². The summed E-state index contributed by atoms with van der Waals surface area (Å²) >= 11 is 0.